The third-order valence-electron chi connectivity index (χ3n) is 6.39. The third kappa shape index (κ3) is 4.79. The van der Waals surface area contributed by atoms with E-state index in [0.29, 0.717) is 6.42 Å². The fourth-order valence-electron chi connectivity index (χ4n) is 4.77. The summed E-state index contributed by atoms with van der Waals surface area (Å²) in [7, 11) is 0. The zero-order valence-electron chi connectivity index (χ0n) is 20.0. The van der Waals surface area contributed by atoms with Crippen molar-refractivity contribution in [1.29, 1.82) is 0 Å². The molecule has 6 nitrogen and oxygen atoms in total. The molecule has 4 aromatic carbocycles. The molecule has 0 spiro atoms. The van der Waals surface area contributed by atoms with Crippen LogP contribution in [0.4, 0.5) is 32.3 Å². The number of anilines is 4. The Balaban J connectivity index is 1.51. The lowest BCUT2D eigenvalue weighted by Crippen LogP contribution is -2.49. The molecule has 0 aliphatic carbocycles. The average molecular weight is 477 g/mol. The molecule has 1 aliphatic rings. The Morgan fingerprint density at radius 3 is 1.89 bits per heavy atom. The van der Waals surface area contributed by atoms with Gasteiger partial charge in [0.25, 0.3) is 0 Å². The van der Waals surface area contributed by atoms with Crippen LogP contribution in [-0.4, -0.2) is 18.1 Å². The summed E-state index contributed by atoms with van der Waals surface area (Å²) >= 11 is 0. The van der Waals surface area contributed by atoms with Gasteiger partial charge in [0, 0.05) is 23.1 Å². The maximum atomic E-state index is 13.7. The van der Waals surface area contributed by atoms with Gasteiger partial charge in [0.2, 0.25) is 0 Å². The van der Waals surface area contributed by atoms with E-state index in [4.69, 9.17) is 0 Å². The molecule has 4 aromatic rings. The van der Waals surface area contributed by atoms with Gasteiger partial charge in [-0.25, -0.2) is 9.59 Å². The number of benzene rings is 4. The van der Waals surface area contributed by atoms with Crippen molar-refractivity contribution in [3.05, 3.63) is 121 Å². The lowest BCUT2D eigenvalue weighted by Gasteiger charge is -2.43. The Hall–Kier alpha value is -4.58. The number of hydrogen-bond donors (Lipinski definition) is 2. The van der Waals surface area contributed by atoms with Crippen molar-refractivity contribution >= 4 is 34.8 Å². The fraction of sp³-hybridized carbons (Fsp3) is 0.133. The van der Waals surface area contributed by atoms with Crippen LogP contribution < -0.4 is 20.4 Å². The van der Waals surface area contributed by atoms with Crippen LogP contribution in [0.3, 0.4) is 0 Å². The molecule has 0 saturated heterocycles. The van der Waals surface area contributed by atoms with Crippen LogP contribution in [0, 0.1) is 0 Å². The van der Waals surface area contributed by atoms with Crippen LogP contribution >= 0.6 is 0 Å². The highest BCUT2D eigenvalue weighted by molar-refractivity contribution is 6.05. The summed E-state index contributed by atoms with van der Waals surface area (Å²) in [6, 6.07) is 35.5. The minimum Gasteiger partial charge on any atom is -0.308 e. The second-order valence-corrected chi connectivity index (χ2v) is 8.83. The van der Waals surface area contributed by atoms with Gasteiger partial charge in [-0.05, 0) is 61.4 Å². The van der Waals surface area contributed by atoms with E-state index in [0.717, 1.165) is 28.3 Å². The minimum atomic E-state index is -0.261. The fourth-order valence-corrected chi connectivity index (χ4v) is 4.77. The van der Waals surface area contributed by atoms with Gasteiger partial charge in [-0.2, -0.15) is 0 Å². The molecule has 1 aliphatic heterocycles. The molecule has 1 heterocycles. The smallest absolute Gasteiger partial charge is 0.308 e. The zero-order valence-corrected chi connectivity index (χ0v) is 20.0. The Morgan fingerprint density at radius 2 is 1.25 bits per heavy atom. The standard InChI is InChI=1S/C30H28N4O2/c1-22-21-28(34(25-17-9-4-10-18-25)30(36)32-24-15-7-3-8-16-24)26-19-11-12-20-27(26)33(22)29(35)31-23-13-5-2-6-14-23/h2-20,22,28H,21H2,1H3,(H,31,35)(H,32,36). The van der Waals surface area contributed by atoms with Crippen molar-refractivity contribution in [2.24, 2.45) is 0 Å². The second-order valence-electron chi connectivity index (χ2n) is 8.83. The summed E-state index contributed by atoms with van der Waals surface area (Å²) in [5.74, 6) is 0. The van der Waals surface area contributed by atoms with Crippen LogP contribution in [-0.2, 0) is 0 Å². The summed E-state index contributed by atoms with van der Waals surface area (Å²) in [6.07, 6.45) is 0.580. The van der Waals surface area contributed by atoms with E-state index in [-0.39, 0.29) is 24.1 Å². The molecule has 180 valence electrons. The molecule has 2 unspecified atom stereocenters. The maximum absolute atomic E-state index is 13.7. The number of carbonyl (C=O) groups is 2. The first-order valence-corrected chi connectivity index (χ1v) is 12.1. The van der Waals surface area contributed by atoms with Crippen LogP contribution in [0.25, 0.3) is 0 Å². The number of para-hydroxylation sites is 4. The first kappa shape index (κ1) is 23.2. The molecule has 5 rings (SSSR count). The zero-order chi connectivity index (χ0) is 24.9. The number of rotatable bonds is 4. The lowest BCUT2D eigenvalue weighted by atomic mass is 9.90. The molecule has 0 radical (unpaired) electrons. The molecule has 4 amide bonds. The number of fused-ring (bicyclic) bond motifs is 1. The lowest BCUT2D eigenvalue weighted by molar-refractivity contribution is 0.251. The van der Waals surface area contributed by atoms with Crippen molar-refractivity contribution in [3.63, 3.8) is 0 Å². The van der Waals surface area contributed by atoms with Gasteiger partial charge in [0.1, 0.15) is 0 Å². The van der Waals surface area contributed by atoms with Crippen molar-refractivity contribution in [3.8, 4) is 0 Å². The molecule has 2 N–H and O–H groups in total. The highest BCUT2D eigenvalue weighted by Gasteiger charge is 2.38. The van der Waals surface area contributed by atoms with Crippen LogP contribution in [0.15, 0.2) is 115 Å². The number of nitrogens with one attached hydrogen (secondary N) is 2. The summed E-state index contributed by atoms with van der Waals surface area (Å²) in [6.45, 7) is 2.02. The summed E-state index contributed by atoms with van der Waals surface area (Å²) < 4.78 is 0. The van der Waals surface area contributed by atoms with Crippen LogP contribution in [0.1, 0.15) is 24.9 Å². The van der Waals surface area contributed by atoms with Gasteiger partial charge >= 0.3 is 12.1 Å². The van der Waals surface area contributed by atoms with Gasteiger partial charge in [0.15, 0.2) is 0 Å². The first-order valence-electron chi connectivity index (χ1n) is 12.1. The van der Waals surface area contributed by atoms with Crippen LogP contribution in [0.2, 0.25) is 0 Å². The Morgan fingerprint density at radius 1 is 0.722 bits per heavy atom. The van der Waals surface area contributed by atoms with Crippen LogP contribution in [0.5, 0.6) is 0 Å². The van der Waals surface area contributed by atoms with E-state index in [1.54, 1.807) is 9.80 Å². The largest absolute Gasteiger partial charge is 0.326 e. The number of nitrogens with zero attached hydrogens (tertiary/aromatic N) is 2. The van der Waals surface area contributed by atoms with E-state index in [1.165, 1.54) is 0 Å². The number of urea groups is 2. The molecule has 6 heteroatoms. The highest BCUT2D eigenvalue weighted by atomic mass is 16.2. The predicted molar refractivity (Wildman–Crippen MR) is 146 cm³/mol. The van der Waals surface area contributed by atoms with E-state index in [1.807, 2.05) is 122 Å². The van der Waals surface area contributed by atoms with E-state index in [9.17, 15) is 9.59 Å². The van der Waals surface area contributed by atoms with Gasteiger partial charge in [-0.1, -0.05) is 72.8 Å². The quantitative estimate of drug-likeness (QED) is 0.325. The minimum absolute atomic E-state index is 0.149. The third-order valence-corrected chi connectivity index (χ3v) is 6.39. The first-order chi connectivity index (χ1) is 17.6. The van der Waals surface area contributed by atoms with Gasteiger partial charge < -0.3 is 10.6 Å². The normalized spacial score (nSPS) is 16.5. The van der Waals surface area contributed by atoms with E-state index in [2.05, 4.69) is 10.6 Å². The second kappa shape index (κ2) is 10.4. The van der Waals surface area contributed by atoms with Gasteiger partial charge in [0.05, 0.1) is 11.7 Å². The van der Waals surface area contributed by atoms with E-state index < -0.39 is 0 Å². The molecular formula is C30H28N4O2. The van der Waals surface area contributed by atoms with Gasteiger partial charge in [-0.15, -0.1) is 0 Å². The predicted octanol–water partition coefficient (Wildman–Crippen LogP) is 7.30. The SMILES string of the molecule is CC1CC(N(C(=O)Nc2ccccc2)c2ccccc2)c2ccccc2N1C(=O)Nc1ccccc1. The number of carbonyl (C=O) groups excluding carboxylic acids is 2. The Bertz CT molecular complexity index is 1330. The maximum Gasteiger partial charge on any atom is 0.326 e. The number of amides is 4. The highest BCUT2D eigenvalue weighted by Crippen LogP contribution is 2.42. The van der Waals surface area contributed by atoms with Crippen molar-refractivity contribution in [1.82, 2.24) is 0 Å². The van der Waals surface area contributed by atoms with Crippen molar-refractivity contribution < 1.29 is 9.59 Å². The Labute approximate surface area is 211 Å². The number of hydrogen-bond acceptors (Lipinski definition) is 2. The molecule has 0 fully saturated rings. The van der Waals surface area contributed by atoms with Crippen molar-refractivity contribution in [2.45, 2.75) is 25.4 Å². The molecule has 2 atom stereocenters. The Kier molecular flexibility index (Phi) is 6.67. The molecular weight excluding hydrogens is 448 g/mol. The summed E-state index contributed by atoms with van der Waals surface area (Å²) in [5.41, 5.74) is 3.97. The van der Waals surface area contributed by atoms with E-state index >= 15 is 0 Å². The molecule has 36 heavy (non-hydrogen) atoms. The average Bonchev–Trinajstić information content (AvgIpc) is 2.90. The van der Waals surface area contributed by atoms with Gasteiger partial charge in [-0.3, -0.25) is 9.80 Å². The molecule has 0 bridgehead atoms. The molecule has 0 aromatic heterocycles. The van der Waals surface area contributed by atoms with Crippen molar-refractivity contribution in [2.75, 3.05) is 20.4 Å². The summed E-state index contributed by atoms with van der Waals surface area (Å²) in [5, 5.41) is 6.05. The summed E-state index contributed by atoms with van der Waals surface area (Å²) in [4.78, 5) is 30.7. The topological polar surface area (TPSA) is 64.7 Å². The monoisotopic (exact) mass is 476 g/mol. The molecule has 0 saturated carbocycles.